The van der Waals surface area contributed by atoms with Crippen LogP contribution in [0.2, 0.25) is 0 Å². The molecule has 0 fully saturated rings. The van der Waals surface area contributed by atoms with E-state index in [1.807, 2.05) is 12.1 Å². The third-order valence-corrected chi connectivity index (χ3v) is 4.16. The van der Waals surface area contributed by atoms with Crippen molar-refractivity contribution in [1.82, 2.24) is 19.9 Å². The summed E-state index contributed by atoms with van der Waals surface area (Å²) in [6, 6.07) is 3.64. The number of aromatic nitrogens is 3. The number of carbonyl (C=O) groups excluding carboxylic acids is 1. The van der Waals surface area contributed by atoms with Gasteiger partial charge in [0.1, 0.15) is 5.82 Å². The maximum absolute atomic E-state index is 11.7. The number of rotatable bonds is 5. The molecule has 0 spiro atoms. The van der Waals surface area contributed by atoms with Gasteiger partial charge in [0.15, 0.2) is 5.82 Å². The van der Waals surface area contributed by atoms with Crippen molar-refractivity contribution < 1.29 is 15.0 Å². The zero-order valence-corrected chi connectivity index (χ0v) is 14.0. The number of nitrogens with zero attached hydrogens (tertiary/aromatic N) is 4. The van der Waals surface area contributed by atoms with Crippen LogP contribution in [0.15, 0.2) is 24.5 Å². The number of nitrogens with one attached hydrogen (secondary N) is 1. The van der Waals surface area contributed by atoms with E-state index in [-0.39, 0.29) is 19.1 Å². The van der Waals surface area contributed by atoms with Crippen LogP contribution in [0.5, 0.6) is 0 Å². The summed E-state index contributed by atoms with van der Waals surface area (Å²) in [7, 11) is 0. The summed E-state index contributed by atoms with van der Waals surface area (Å²) in [4.78, 5) is 26.7. The molecule has 2 aromatic rings. The van der Waals surface area contributed by atoms with Gasteiger partial charge in [-0.1, -0.05) is 0 Å². The number of carbonyl (C=O) groups is 1. The molecule has 0 aromatic carbocycles. The molecule has 8 nitrogen and oxygen atoms in total. The lowest BCUT2D eigenvalue weighted by molar-refractivity contribution is -0.129. The summed E-state index contributed by atoms with van der Waals surface area (Å²) in [6.45, 7) is 2.45. The van der Waals surface area contributed by atoms with Gasteiger partial charge in [-0.25, -0.2) is 9.97 Å². The van der Waals surface area contributed by atoms with Crippen LogP contribution < -0.4 is 5.32 Å². The van der Waals surface area contributed by atoms with Gasteiger partial charge in [0.2, 0.25) is 5.91 Å². The van der Waals surface area contributed by atoms with Gasteiger partial charge in [-0.05, 0) is 18.6 Å². The smallest absolute Gasteiger partial charge is 0.219 e. The molecule has 1 amide bonds. The fourth-order valence-electron chi connectivity index (χ4n) is 2.75. The maximum Gasteiger partial charge on any atom is 0.219 e. The lowest BCUT2D eigenvalue weighted by Gasteiger charge is -2.29. The molecular weight excluding hydrogens is 322 g/mol. The van der Waals surface area contributed by atoms with E-state index in [4.69, 9.17) is 5.11 Å². The second kappa shape index (κ2) is 7.54. The van der Waals surface area contributed by atoms with Gasteiger partial charge in [-0.2, -0.15) is 0 Å². The highest BCUT2D eigenvalue weighted by Gasteiger charge is 2.24. The number of pyridine rings is 1. The fourth-order valence-corrected chi connectivity index (χ4v) is 2.75. The Morgan fingerprint density at radius 1 is 1.36 bits per heavy atom. The van der Waals surface area contributed by atoms with Crippen molar-refractivity contribution in [2.45, 2.75) is 26.0 Å². The first-order valence-corrected chi connectivity index (χ1v) is 8.17. The molecule has 1 aliphatic heterocycles. The highest BCUT2D eigenvalue weighted by atomic mass is 16.3. The first kappa shape index (κ1) is 17.2. The van der Waals surface area contributed by atoms with Crippen LogP contribution in [0.4, 0.5) is 5.82 Å². The number of aliphatic hydroxyl groups is 2. The lowest BCUT2D eigenvalue weighted by Crippen LogP contribution is -2.36. The Labute approximate surface area is 145 Å². The molecule has 0 radical (unpaired) electrons. The average molecular weight is 343 g/mol. The Morgan fingerprint density at radius 3 is 2.80 bits per heavy atom. The van der Waals surface area contributed by atoms with Gasteiger partial charge in [0.05, 0.1) is 24.9 Å². The monoisotopic (exact) mass is 343 g/mol. The van der Waals surface area contributed by atoms with Crippen molar-refractivity contribution in [3.63, 3.8) is 0 Å². The minimum atomic E-state index is -0.868. The Bertz CT molecular complexity index is 753. The van der Waals surface area contributed by atoms with Crippen LogP contribution in [-0.4, -0.2) is 61.8 Å². The van der Waals surface area contributed by atoms with Crippen molar-refractivity contribution >= 4 is 11.7 Å². The molecule has 3 rings (SSSR count). The SMILES string of the molecule is CC(=O)N1CCc2c(nc(-c3ccncc3)nc2NC[C@H](O)CO)C1. The fraction of sp³-hybridized carbons (Fsp3) is 0.412. The zero-order chi connectivity index (χ0) is 17.8. The van der Waals surface area contributed by atoms with Gasteiger partial charge in [0.25, 0.3) is 0 Å². The Hall–Kier alpha value is -2.58. The van der Waals surface area contributed by atoms with E-state index in [1.165, 1.54) is 0 Å². The standard InChI is InChI=1S/C17H21N5O3/c1-11(24)22-7-4-14-15(9-22)20-16(12-2-5-18-6-3-12)21-17(14)19-8-13(25)10-23/h2-3,5-6,13,23,25H,4,7-10H2,1H3,(H,19,20,21)/t13-/m0/s1. The van der Waals surface area contributed by atoms with Crippen LogP contribution in [0.1, 0.15) is 18.2 Å². The second-order valence-corrected chi connectivity index (χ2v) is 5.96. The molecule has 25 heavy (non-hydrogen) atoms. The Balaban J connectivity index is 1.98. The molecule has 0 bridgehead atoms. The van der Waals surface area contributed by atoms with Crippen LogP contribution in [0.3, 0.4) is 0 Å². The summed E-state index contributed by atoms with van der Waals surface area (Å²) >= 11 is 0. The molecule has 0 saturated heterocycles. The first-order valence-electron chi connectivity index (χ1n) is 8.17. The van der Waals surface area contributed by atoms with Crippen LogP contribution in [-0.2, 0) is 17.8 Å². The number of aliphatic hydroxyl groups excluding tert-OH is 2. The van der Waals surface area contributed by atoms with Crippen molar-refractivity contribution in [2.75, 3.05) is 25.0 Å². The average Bonchev–Trinajstić information content (AvgIpc) is 2.65. The van der Waals surface area contributed by atoms with Crippen LogP contribution in [0, 0.1) is 0 Å². The van der Waals surface area contributed by atoms with E-state index in [9.17, 15) is 9.90 Å². The predicted molar refractivity (Wildman–Crippen MR) is 91.6 cm³/mol. The predicted octanol–water partition coefficient (Wildman–Crippen LogP) is 0.208. The number of hydrogen-bond donors (Lipinski definition) is 3. The van der Waals surface area contributed by atoms with Gasteiger partial charge in [-0.15, -0.1) is 0 Å². The lowest BCUT2D eigenvalue weighted by atomic mass is 10.0. The largest absolute Gasteiger partial charge is 0.394 e. The highest BCUT2D eigenvalue weighted by molar-refractivity contribution is 5.74. The van der Waals surface area contributed by atoms with Crippen molar-refractivity contribution in [2.24, 2.45) is 0 Å². The molecule has 1 aliphatic rings. The van der Waals surface area contributed by atoms with Gasteiger partial charge in [0, 0.05) is 43.5 Å². The molecule has 1 atom stereocenters. The third-order valence-electron chi connectivity index (χ3n) is 4.16. The zero-order valence-electron chi connectivity index (χ0n) is 14.0. The number of anilines is 1. The quantitative estimate of drug-likeness (QED) is 0.711. The number of fused-ring (bicyclic) bond motifs is 1. The number of hydrogen-bond acceptors (Lipinski definition) is 7. The topological polar surface area (TPSA) is 111 Å². The summed E-state index contributed by atoms with van der Waals surface area (Å²) in [6.07, 6.45) is 3.11. The molecule has 0 aliphatic carbocycles. The maximum atomic E-state index is 11.7. The molecule has 132 valence electrons. The summed E-state index contributed by atoms with van der Waals surface area (Å²) in [5.41, 5.74) is 2.56. The van der Waals surface area contributed by atoms with Crippen LogP contribution in [0.25, 0.3) is 11.4 Å². The van der Waals surface area contributed by atoms with Crippen molar-refractivity contribution in [1.29, 1.82) is 0 Å². The van der Waals surface area contributed by atoms with E-state index in [0.29, 0.717) is 31.2 Å². The van der Waals surface area contributed by atoms with Crippen molar-refractivity contribution in [3.05, 3.63) is 35.8 Å². The first-order chi connectivity index (χ1) is 12.1. The van der Waals surface area contributed by atoms with Gasteiger partial charge in [-0.3, -0.25) is 9.78 Å². The Morgan fingerprint density at radius 2 is 2.12 bits per heavy atom. The van der Waals surface area contributed by atoms with Crippen molar-refractivity contribution in [3.8, 4) is 11.4 Å². The van der Waals surface area contributed by atoms with Gasteiger partial charge < -0.3 is 20.4 Å². The Kier molecular flexibility index (Phi) is 5.20. The second-order valence-electron chi connectivity index (χ2n) is 5.96. The molecule has 0 unspecified atom stereocenters. The van der Waals surface area contributed by atoms with E-state index in [0.717, 1.165) is 16.8 Å². The van der Waals surface area contributed by atoms with E-state index >= 15 is 0 Å². The van der Waals surface area contributed by atoms with E-state index in [1.54, 1.807) is 24.2 Å². The summed E-state index contributed by atoms with van der Waals surface area (Å²) < 4.78 is 0. The molecule has 8 heteroatoms. The minimum Gasteiger partial charge on any atom is -0.394 e. The summed E-state index contributed by atoms with van der Waals surface area (Å²) in [5.74, 6) is 1.18. The molecule has 2 aromatic heterocycles. The molecule has 3 heterocycles. The van der Waals surface area contributed by atoms with Crippen LogP contribution >= 0.6 is 0 Å². The normalized spacial score (nSPS) is 14.8. The van der Waals surface area contributed by atoms with Gasteiger partial charge >= 0.3 is 0 Å². The third kappa shape index (κ3) is 3.92. The molecular formula is C17H21N5O3. The van der Waals surface area contributed by atoms with E-state index < -0.39 is 6.10 Å². The minimum absolute atomic E-state index is 0.0138. The number of amides is 1. The molecule has 0 saturated carbocycles. The van der Waals surface area contributed by atoms with E-state index in [2.05, 4.69) is 20.3 Å². The highest BCUT2D eigenvalue weighted by Crippen LogP contribution is 2.27. The summed E-state index contributed by atoms with van der Waals surface area (Å²) in [5, 5.41) is 21.7. The molecule has 3 N–H and O–H groups in total.